The zero-order chi connectivity index (χ0) is 16.2. The molecule has 3 aromatic rings. The van der Waals surface area contributed by atoms with Gasteiger partial charge in [-0.25, -0.2) is 5.43 Å². The number of pyridine rings is 1. The van der Waals surface area contributed by atoms with Gasteiger partial charge in [-0.3, -0.25) is 9.78 Å². The van der Waals surface area contributed by atoms with Crippen molar-refractivity contribution in [2.24, 2.45) is 5.10 Å². The Morgan fingerprint density at radius 3 is 3.09 bits per heavy atom. The fourth-order valence-electron chi connectivity index (χ4n) is 2.41. The number of aromatic amines is 1. The molecular formula is C17H15BrN4O. The highest BCUT2D eigenvalue weighted by atomic mass is 79.9. The summed E-state index contributed by atoms with van der Waals surface area (Å²) < 4.78 is 0.986. The van der Waals surface area contributed by atoms with Crippen LogP contribution in [0.3, 0.4) is 0 Å². The summed E-state index contributed by atoms with van der Waals surface area (Å²) in [5, 5.41) is 5.01. The number of hydrogen-bond acceptors (Lipinski definition) is 3. The predicted molar refractivity (Wildman–Crippen MR) is 94.4 cm³/mol. The van der Waals surface area contributed by atoms with E-state index in [0.717, 1.165) is 32.2 Å². The monoisotopic (exact) mass is 370 g/mol. The van der Waals surface area contributed by atoms with Gasteiger partial charge in [0.1, 0.15) is 0 Å². The van der Waals surface area contributed by atoms with Crippen LogP contribution in [-0.4, -0.2) is 22.1 Å². The molecular weight excluding hydrogens is 356 g/mol. The molecule has 2 heterocycles. The van der Waals surface area contributed by atoms with E-state index in [-0.39, 0.29) is 12.3 Å². The summed E-state index contributed by atoms with van der Waals surface area (Å²) in [6.07, 6.45) is 5.21. The number of hydrogen-bond donors (Lipinski definition) is 2. The van der Waals surface area contributed by atoms with Crippen molar-refractivity contribution in [3.05, 3.63) is 64.0 Å². The van der Waals surface area contributed by atoms with Crippen LogP contribution in [-0.2, 0) is 11.2 Å². The number of amides is 1. The fourth-order valence-corrected chi connectivity index (χ4v) is 2.77. The Hall–Kier alpha value is -2.47. The van der Waals surface area contributed by atoms with Gasteiger partial charge < -0.3 is 4.98 Å². The van der Waals surface area contributed by atoms with E-state index in [1.807, 2.05) is 37.3 Å². The van der Waals surface area contributed by atoms with Crippen molar-refractivity contribution in [2.45, 2.75) is 13.3 Å². The molecule has 0 radical (unpaired) electrons. The van der Waals surface area contributed by atoms with Crippen molar-refractivity contribution in [2.75, 3.05) is 0 Å². The minimum atomic E-state index is -0.158. The van der Waals surface area contributed by atoms with Gasteiger partial charge in [0.15, 0.2) is 0 Å². The summed E-state index contributed by atoms with van der Waals surface area (Å²) in [4.78, 5) is 19.4. The normalized spacial score (nSPS) is 11.2. The molecule has 2 aromatic heterocycles. The number of carbonyl (C=O) groups excluding carboxylic acids is 1. The molecule has 0 fully saturated rings. The molecule has 0 bridgehead atoms. The lowest BCUT2D eigenvalue weighted by molar-refractivity contribution is -0.120. The number of hydrazone groups is 1. The number of fused-ring (bicyclic) bond motifs is 1. The zero-order valence-electron chi connectivity index (χ0n) is 12.5. The highest BCUT2D eigenvalue weighted by Crippen LogP contribution is 2.25. The lowest BCUT2D eigenvalue weighted by Crippen LogP contribution is -2.20. The number of benzene rings is 1. The number of carbonyl (C=O) groups is 1. The third-order valence-electron chi connectivity index (χ3n) is 3.51. The fraction of sp³-hybridized carbons (Fsp3) is 0.118. The standard InChI is InChI=1S/C17H15BrN4O/c1-11-14(15-7-13(18)4-5-16(15)21-11)8-17(23)22-20-10-12-3-2-6-19-9-12/h2-7,9-10,21H,8H2,1H3,(H,22,23)/b20-10+. The number of H-pyrrole nitrogens is 1. The smallest absolute Gasteiger partial charge is 0.244 e. The van der Waals surface area contributed by atoms with Crippen molar-refractivity contribution in [3.8, 4) is 0 Å². The minimum Gasteiger partial charge on any atom is -0.358 e. The summed E-state index contributed by atoms with van der Waals surface area (Å²) in [6, 6.07) is 9.66. The van der Waals surface area contributed by atoms with Crippen LogP contribution in [0, 0.1) is 6.92 Å². The van der Waals surface area contributed by atoms with Crippen molar-refractivity contribution in [1.29, 1.82) is 0 Å². The number of aryl methyl sites for hydroxylation is 1. The third-order valence-corrected chi connectivity index (χ3v) is 4.00. The SMILES string of the molecule is Cc1[nH]c2ccc(Br)cc2c1CC(=O)N/N=C/c1cccnc1. The first-order valence-corrected chi connectivity index (χ1v) is 7.91. The Bertz CT molecular complexity index is 871. The van der Waals surface area contributed by atoms with Crippen LogP contribution >= 0.6 is 15.9 Å². The van der Waals surface area contributed by atoms with Gasteiger partial charge >= 0.3 is 0 Å². The van der Waals surface area contributed by atoms with Crippen molar-refractivity contribution in [1.82, 2.24) is 15.4 Å². The number of nitrogens with one attached hydrogen (secondary N) is 2. The van der Waals surface area contributed by atoms with Gasteiger partial charge in [-0.1, -0.05) is 22.0 Å². The van der Waals surface area contributed by atoms with E-state index in [0.29, 0.717) is 0 Å². The average Bonchev–Trinajstić information content (AvgIpc) is 2.84. The third kappa shape index (κ3) is 3.65. The van der Waals surface area contributed by atoms with Gasteiger partial charge in [-0.2, -0.15) is 5.10 Å². The second-order valence-corrected chi connectivity index (χ2v) is 6.09. The summed E-state index contributed by atoms with van der Waals surface area (Å²) in [5.74, 6) is -0.158. The molecule has 3 rings (SSSR count). The highest BCUT2D eigenvalue weighted by molar-refractivity contribution is 9.10. The molecule has 6 heteroatoms. The topological polar surface area (TPSA) is 70.1 Å². The van der Waals surface area contributed by atoms with Crippen LogP contribution in [0.5, 0.6) is 0 Å². The minimum absolute atomic E-state index is 0.158. The van der Waals surface area contributed by atoms with Crippen molar-refractivity contribution < 1.29 is 4.79 Å². The summed E-state index contributed by atoms with van der Waals surface area (Å²) >= 11 is 3.47. The van der Waals surface area contributed by atoms with Gasteiger partial charge in [0.05, 0.1) is 12.6 Å². The quantitative estimate of drug-likeness (QED) is 0.546. The second kappa shape index (κ2) is 6.75. The van der Waals surface area contributed by atoms with Crippen LogP contribution < -0.4 is 5.43 Å². The maximum Gasteiger partial charge on any atom is 0.244 e. The van der Waals surface area contributed by atoms with Crippen LogP contribution in [0.15, 0.2) is 52.3 Å². The lowest BCUT2D eigenvalue weighted by Gasteiger charge is -2.01. The molecule has 2 N–H and O–H groups in total. The Morgan fingerprint density at radius 1 is 1.43 bits per heavy atom. The maximum atomic E-state index is 12.1. The van der Waals surface area contributed by atoms with Crippen LogP contribution in [0.1, 0.15) is 16.8 Å². The largest absolute Gasteiger partial charge is 0.358 e. The Morgan fingerprint density at radius 2 is 2.30 bits per heavy atom. The summed E-state index contributed by atoms with van der Waals surface area (Å²) in [5.41, 5.74) is 6.38. The van der Waals surface area contributed by atoms with Gasteiger partial charge in [0.2, 0.25) is 5.91 Å². The number of halogens is 1. The zero-order valence-corrected chi connectivity index (χ0v) is 14.1. The van der Waals surface area contributed by atoms with E-state index in [2.05, 4.69) is 36.4 Å². The second-order valence-electron chi connectivity index (χ2n) is 5.17. The summed E-state index contributed by atoms with van der Waals surface area (Å²) in [6.45, 7) is 1.97. The molecule has 23 heavy (non-hydrogen) atoms. The first-order valence-electron chi connectivity index (χ1n) is 7.12. The molecule has 5 nitrogen and oxygen atoms in total. The first kappa shape index (κ1) is 15.4. The van der Waals surface area contributed by atoms with E-state index in [1.54, 1.807) is 18.6 Å². The Balaban J connectivity index is 1.72. The van der Waals surface area contributed by atoms with E-state index in [9.17, 15) is 4.79 Å². The molecule has 1 amide bonds. The molecule has 1 aromatic carbocycles. The number of rotatable bonds is 4. The molecule has 0 aliphatic carbocycles. The maximum absolute atomic E-state index is 12.1. The van der Waals surface area contributed by atoms with Crippen molar-refractivity contribution in [3.63, 3.8) is 0 Å². The molecule has 0 aliphatic heterocycles. The predicted octanol–water partition coefficient (Wildman–Crippen LogP) is 3.33. The van der Waals surface area contributed by atoms with Gasteiger partial charge in [0.25, 0.3) is 0 Å². The molecule has 0 saturated heterocycles. The van der Waals surface area contributed by atoms with Crippen LogP contribution in [0.4, 0.5) is 0 Å². The highest BCUT2D eigenvalue weighted by Gasteiger charge is 2.12. The van der Waals surface area contributed by atoms with Gasteiger partial charge in [0, 0.05) is 39.0 Å². The Kier molecular flexibility index (Phi) is 4.52. The molecule has 0 aliphatic rings. The van der Waals surface area contributed by atoms with E-state index < -0.39 is 0 Å². The van der Waals surface area contributed by atoms with E-state index >= 15 is 0 Å². The molecule has 0 atom stereocenters. The summed E-state index contributed by atoms with van der Waals surface area (Å²) in [7, 11) is 0. The van der Waals surface area contributed by atoms with E-state index in [4.69, 9.17) is 0 Å². The van der Waals surface area contributed by atoms with Crippen LogP contribution in [0.2, 0.25) is 0 Å². The Labute approximate surface area is 142 Å². The van der Waals surface area contributed by atoms with Gasteiger partial charge in [-0.05, 0) is 36.8 Å². The molecule has 0 spiro atoms. The molecule has 116 valence electrons. The van der Waals surface area contributed by atoms with E-state index in [1.165, 1.54) is 0 Å². The average molecular weight is 371 g/mol. The van der Waals surface area contributed by atoms with Gasteiger partial charge in [-0.15, -0.1) is 0 Å². The molecule has 0 saturated carbocycles. The molecule has 0 unspecified atom stereocenters. The number of aromatic nitrogens is 2. The first-order chi connectivity index (χ1) is 11.1. The lowest BCUT2D eigenvalue weighted by atomic mass is 10.1. The van der Waals surface area contributed by atoms with Crippen molar-refractivity contribution >= 4 is 39.0 Å². The number of nitrogens with zero attached hydrogens (tertiary/aromatic N) is 2. The van der Waals surface area contributed by atoms with Crippen LogP contribution in [0.25, 0.3) is 10.9 Å².